The largest absolute Gasteiger partial charge is 0.507 e. The quantitative estimate of drug-likeness (QED) is 0.285. The third-order valence-electron chi connectivity index (χ3n) is 5.62. The Balaban J connectivity index is 1.80. The van der Waals surface area contributed by atoms with Crippen molar-refractivity contribution in [2.24, 2.45) is 5.92 Å². The second kappa shape index (κ2) is 10.4. The number of rotatable bonds is 7. The lowest BCUT2D eigenvalue weighted by atomic mass is 9.95. The number of aliphatic hydroxyl groups excluding tert-OH is 1. The van der Waals surface area contributed by atoms with Gasteiger partial charge in [-0.05, 0) is 60.0 Å². The number of carbonyl (C=O) groups excluding carboxylic acids is 3. The average Bonchev–Trinajstić information content (AvgIpc) is 3.13. The van der Waals surface area contributed by atoms with E-state index in [2.05, 4.69) is 10.3 Å². The summed E-state index contributed by atoms with van der Waals surface area (Å²) in [6, 6.07) is 15.9. The first-order valence-corrected chi connectivity index (χ1v) is 11.6. The summed E-state index contributed by atoms with van der Waals surface area (Å²) in [5.74, 6) is -1.21. The van der Waals surface area contributed by atoms with Crippen LogP contribution >= 0.6 is 0 Å². The van der Waals surface area contributed by atoms with Gasteiger partial charge in [-0.2, -0.15) is 0 Å². The van der Waals surface area contributed by atoms with E-state index in [9.17, 15) is 19.5 Å². The summed E-state index contributed by atoms with van der Waals surface area (Å²) >= 11 is 0. The number of amides is 2. The van der Waals surface area contributed by atoms with Crippen molar-refractivity contribution in [1.82, 2.24) is 4.98 Å². The zero-order valence-corrected chi connectivity index (χ0v) is 20.3. The predicted molar refractivity (Wildman–Crippen MR) is 137 cm³/mol. The van der Waals surface area contributed by atoms with Crippen LogP contribution < -0.4 is 15.0 Å². The molecule has 1 aromatic heterocycles. The van der Waals surface area contributed by atoms with Gasteiger partial charge in [-0.1, -0.05) is 26.0 Å². The minimum atomic E-state index is -0.875. The molecule has 36 heavy (non-hydrogen) atoms. The van der Waals surface area contributed by atoms with Crippen LogP contribution in [0.25, 0.3) is 5.76 Å². The maximum atomic E-state index is 13.3. The highest BCUT2D eigenvalue weighted by Gasteiger charge is 2.47. The first-order chi connectivity index (χ1) is 17.3. The van der Waals surface area contributed by atoms with Gasteiger partial charge in [0, 0.05) is 36.3 Å². The van der Waals surface area contributed by atoms with E-state index in [0.717, 1.165) is 0 Å². The lowest BCUT2D eigenvalue weighted by molar-refractivity contribution is -0.132. The summed E-state index contributed by atoms with van der Waals surface area (Å²) in [5, 5.41) is 14.0. The van der Waals surface area contributed by atoms with Crippen LogP contribution in [0.15, 0.2) is 78.6 Å². The fourth-order valence-corrected chi connectivity index (χ4v) is 4.02. The number of pyridine rings is 1. The number of carbonyl (C=O) groups is 3. The summed E-state index contributed by atoms with van der Waals surface area (Å²) in [6.07, 6.45) is 3.13. The molecule has 184 valence electrons. The Hall–Kier alpha value is -4.46. The molecule has 1 atom stereocenters. The summed E-state index contributed by atoms with van der Waals surface area (Å²) < 4.78 is 5.78. The van der Waals surface area contributed by atoms with E-state index in [-0.39, 0.29) is 17.2 Å². The number of hydrogen-bond donors (Lipinski definition) is 2. The molecule has 2 heterocycles. The monoisotopic (exact) mass is 485 g/mol. The number of aliphatic hydroxyl groups is 1. The van der Waals surface area contributed by atoms with Crippen molar-refractivity contribution in [2.75, 3.05) is 16.8 Å². The molecule has 8 nitrogen and oxygen atoms in total. The first kappa shape index (κ1) is 24.7. The van der Waals surface area contributed by atoms with E-state index in [1.54, 1.807) is 73.1 Å². The Labute approximate surface area is 209 Å². The van der Waals surface area contributed by atoms with Crippen molar-refractivity contribution in [1.29, 1.82) is 0 Å². The second-order valence-electron chi connectivity index (χ2n) is 8.91. The van der Waals surface area contributed by atoms with Gasteiger partial charge in [0.15, 0.2) is 0 Å². The van der Waals surface area contributed by atoms with E-state index in [1.165, 1.54) is 11.8 Å². The first-order valence-electron chi connectivity index (χ1n) is 11.6. The van der Waals surface area contributed by atoms with Crippen molar-refractivity contribution in [3.8, 4) is 5.75 Å². The Morgan fingerprint density at radius 2 is 1.78 bits per heavy atom. The third kappa shape index (κ3) is 5.12. The molecular weight excluding hydrogens is 458 g/mol. The van der Waals surface area contributed by atoms with E-state index in [1.807, 2.05) is 13.8 Å². The van der Waals surface area contributed by atoms with Crippen molar-refractivity contribution in [3.63, 3.8) is 0 Å². The molecule has 0 aliphatic carbocycles. The number of anilines is 2. The standard InChI is InChI=1S/C28H27N3O5/c1-17(2)16-36-23-6-4-5-20(15-23)26(33)24-25(19-11-13-29-14-12-19)31(28(35)27(24)34)22-9-7-21(8-10-22)30-18(3)32/h4-15,17,25,33H,16H2,1-3H3,(H,30,32)/b26-24-. The molecule has 2 amide bonds. The topological polar surface area (TPSA) is 109 Å². The maximum Gasteiger partial charge on any atom is 0.300 e. The Morgan fingerprint density at radius 1 is 1.08 bits per heavy atom. The lowest BCUT2D eigenvalue weighted by Gasteiger charge is -2.25. The van der Waals surface area contributed by atoms with Crippen molar-refractivity contribution in [2.45, 2.75) is 26.8 Å². The highest BCUT2D eigenvalue weighted by molar-refractivity contribution is 6.51. The maximum absolute atomic E-state index is 13.3. The molecule has 0 radical (unpaired) electrons. The van der Waals surface area contributed by atoms with Crippen LogP contribution in [0.4, 0.5) is 11.4 Å². The van der Waals surface area contributed by atoms with Gasteiger partial charge < -0.3 is 15.2 Å². The molecule has 1 saturated heterocycles. The van der Waals surface area contributed by atoms with Gasteiger partial charge in [-0.15, -0.1) is 0 Å². The van der Waals surface area contributed by atoms with E-state index in [0.29, 0.717) is 40.8 Å². The van der Waals surface area contributed by atoms with Gasteiger partial charge in [0.2, 0.25) is 5.91 Å². The summed E-state index contributed by atoms with van der Waals surface area (Å²) in [5.41, 5.74) is 1.96. The summed E-state index contributed by atoms with van der Waals surface area (Å²) in [6.45, 7) is 5.96. The molecule has 3 aromatic rings. The van der Waals surface area contributed by atoms with Gasteiger partial charge in [0.1, 0.15) is 11.5 Å². The molecule has 0 bridgehead atoms. The number of ether oxygens (including phenoxy) is 1. The molecular formula is C28H27N3O5. The number of aromatic nitrogens is 1. The van der Waals surface area contributed by atoms with Gasteiger partial charge >= 0.3 is 0 Å². The molecule has 4 rings (SSSR count). The number of hydrogen-bond acceptors (Lipinski definition) is 6. The number of nitrogens with one attached hydrogen (secondary N) is 1. The lowest BCUT2D eigenvalue weighted by Crippen LogP contribution is -2.29. The minimum Gasteiger partial charge on any atom is -0.507 e. The predicted octanol–water partition coefficient (Wildman–Crippen LogP) is 4.70. The normalized spacial score (nSPS) is 16.9. The van der Waals surface area contributed by atoms with Gasteiger partial charge in [0.05, 0.1) is 18.2 Å². The zero-order chi connectivity index (χ0) is 25.8. The van der Waals surface area contributed by atoms with Gasteiger partial charge in [-0.25, -0.2) is 0 Å². The Kier molecular flexibility index (Phi) is 7.15. The number of ketones is 1. The van der Waals surface area contributed by atoms with Crippen LogP contribution in [-0.2, 0) is 14.4 Å². The molecule has 2 N–H and O–H groups in total. The van der Waals surface area contributed by atoms with Crippen LogP contribution in [0.1, 0.15) is 37.9 Å². The van der Waals surface area contributed by atoms with E-state index in [4.69, 9.17) is 4.74 Å². The molecule has 2 aromatic carbocycles. The second-order valence-corrected chi connectivity index (χ2v) is 8.91. The number of nitrogens with zero attached hydrogens (tertiary/aromatic N) is 2. The molecule has 8 heteroatoms. The summed E-state index contributed by atoms with van der Waals surface area (Å²) in [4.78, 5) is 43.3. The Bertz CT molecular complexity index is 1320. The van der Waals surface area contributed by atoms with Crippen molar-refractivity contribution < 1.29 is 24.2 Å². The van der Waals surface area contributed by atoms with Crippen molar-refractivity contribution >= 4 is 34.7 Å². The van der Waals surface area contributed by atoms with Gasteiger partial charge in [0.25, 0.3) is 11.7 Å². The number of Topliss-reactive ketones (excluding diaryl/α,β-unsaturated/α-hetero) is 1. The van der Waals surface area contributed by atoms with Gasteiger partial charge in [-0.3, -0.25) is 24.3 Å². The van der Waals surface area contributed by atoms with E-state index < -0.39 is 17.7 Å². The minimum absolute atomic E-state index is 0.0295. The molecule has 1 aliphatic rings. The zero-order valence-electron chi connectivity index (χ0n) is 20.3. The molecule has 0 spiro atoms. The molecule has 1 aliphatic heterocycles. The summed E-state index contributed by atoms with van der Waals surface area (Å²) in [7, 11) is 0. The van der Waals surface area contributed by atoms with Crippen LogP contribution in [0, 0.1) is 5.92 Å². The third-order valence-corrected chi connectivity index (χ3v) is 5.62. The fourth-order valence-electron chi connectivity index (χ4n) is 4.02. The fraction of sp³-hybridized carbons (Fsp3) is 0.214. The SMILES string of the molecule is CC(=O)Nc1ccc(N2C(=O)C(=O)/C(=C(\O)c3cccc(OCC(C)C)c3)C2c2ccncc2)cc1. The van der Waals surface area contributed by atoms with Crippen LogP contribution in [0.2, 0.25) is 0 Å². The van der Waals surface area contributed by atoms with Crippen LogP contribution in [-0.4, -0.2) is 34.3 Å². The highest BCUT2D eigenvalue weighted by Crippen LogP contribution is 2.42. The number of benzene rings is 2. The van der Waals surface area contributed by atoms with Crippen molar-refractivity contribution in [3.05, 3.63) is 89.8 Å². The Morgan fingerprint density at radius 3 is 2.42 bits per heavy atom. The van der Waals surface area contributed by atoms with Crippen LogP contribution in [0.3, 0.4) is 0 Å². The highest BCUT2D eigenvalue weighted by atomic mass is 16.5. The van der Waals surface area contributed by atoms with E-state index >= 15 is 0 Å². The average molecular weight is 486 g/mol. The molecule has 0 saturated carbocycles. The molecule has 1 unspecified atom stereocenters. The smallest absolute Gasteiger partial charge is 0.300 e. The molecule has 1 fully saturated rings. The van der Waals surface area contributed by atoms with Crippen LogP contribution in [0.5, 0.6) is 5.75 Å².